The lowest BCUT2D eigenvalue weighted by atomic mass is 9.73. The van der Waals surface area contributed by atoms with Crippen LogP contribution in [0.15, 0.2) is 11.6 Å². The first-order valence-electron chi connectivity index (χ1n) is 5.26. The number of hydrogen-bond acceptors (Lipinski definition) is 0. The van der Waals surface area contributed by atoms with Crippen molar-refractivity contribution >= 4 is 0 Å². The molecule has 3 atom stereocenters. The van der Waals surface area contributed by atoms with Gasteiger partial charge in [-0.15, -0.1) is 0 Å². The predicted molar refractivity (Wildman–Crippen MR) is 55.1 cm³/mol. The highest BCUT2D eigenvalue weighted by molar-refractivity contribution is 5.00. The molecule has 1 aliphatic rings. The maximum absolute atomic E-state index is 2.47. The van der Waals surface area contributed by atoms with Crippen LogP contribution in [-0.2, 0) is 0 Å². The quantitative estimate of drug-likeness (QED) is 0.516. The summed E-state index contributed by atoms with van der Waals surface area (Å²) in [5.41, 5.74) is 1.49. The molecule has 0 aliphatic heterocycles. The molecule has 1 rings (SSSR count). The van der Waals surface area contributed by atoms with Gasteiger partial charge in [-0.3, -0.25) is 0 Å². The van der Waals surface area contributed by atoms with Crippen LogP contribution in [0.1, 0.15) is 47.0 Å². The van der Waals surface area contributed by atoms with E-state index in [9.17, 15) is 0 Å². The SMILES string of the molecule is CC(C)=CC1CCCC(C)C1C. The topological polar surface area (TPSA) is 0 Å². The second kappa shape index (κ2) is 4.11. The Morgan fingerprint density at radius 2 is 1.83 bits per heavy atom. The fraction of sp³-hybridized carbons (Fsp3) is 0.833. The van der Waals surface area contributed by atoms with E-state index in [2.05, 4.69) is 33.8 Å². The molecule has 0 nitrogen and oxygen atoms in total. The Balaban J connectivity index is 2.58. The first-order valence-corrected chi connectivity index (χ1v) is 5.26. The van der Waals surface area contributed by atoms with Crippen molar-refractivity contribution in [1.82, 2.24) is 0 Å². The van der Waals surface area contributed by atoms with Crippen molar-refractivity contribution in [2.24, 2.45) is 17.8 Å². The third-order valence-corrected chi connectivity index (χ3v) is 3.32. The van der Waals surface area contributed by atoms with Crippen LogP contribution in [0.3, 0.4) is 0 Å². The van der Waals surface area contributed by atoms with Gasteiger partial charge in [0, 0.05) is 0 Å². The first-order chi connectivity index (χ1) is 5.61. The lowest BCUT2D eigenvalue weighted by Crippen LogP contribution is -2.22. The molecule has 0 heteroatoms. The molecular weight excluding hydrogens is 144 g/mol. The molecule has 0 amide bonds. The molecule has 0 heterocycles. The van der Waals surface area contributed by atoms with E-state index in [4.69, 9.17) is 0 Å². The van der Waals surface area contributed by atoms with Crippen LogP contribution >= 0.6 is 0 Å². The molecule has 0 spiro atoms. The van der Waals surface area contributed by atoms with Gasteiger partial charge in [0.2, 0.25) is 0 Å². The summed E-state index contributed by atoms with van der Waals surface area (Å²) in [4.78, 5) is 0. The minimum absolute atomic E-state index is 0.860. The van der Waals surface area contributed by atoms with E-state index >= 15 is 0 Å². The zero-order chi connectivity index (χ0) is 9.14. The second-order valence-corrected chi connectivity index (χ2v) is 4.68. The molecule has 0 saturated heterocycles. The Kier molecular flexibility index (Phi) is 3.37. The molecule has 3 unspecified atom stereocenters. The van der Waals surface area contributed by atoms with Crippen LogP contribution in [0.5, 0.6) is 0 Å². The van der Waals surface area contributed by atoms with E-state index in [1.807, 2.05) is 0 Å². The molecule has 70 valence electrons. The predicted octanol–water partition coefficient (Wildman–Crippen LogP) is 4.02. The molecule has 0 aromatic heterocycles. The van der Waals surface area contributed by atoms with Crippen LogP contribution in [0.25, 0.3) is 0 Å². The van der Waals surface area contributed by atoms with Crippen LogP contribution in [0.4, 0.5) is 0 Å². The summed E-state index contributed by atoms with van der Waals surface area (Å²) in [5.74, 6) is 2.69. The van der Waals surface area contributed by atoms with Gasteiger partial charge < -0.3 is 0 Å². The fourth-order valence-electron chi connectivity index (χ4n) is 2.29. The van der Waals surface area contributed by atoms with Gasteiger partial charge in [0.1, 0.15) is 0 Å². The normalized spacial score (nSPS) is 36.2. The van der Waals surface area contributed by atoms with E-state index in [-0.39, 0.29) is 0 Å². The standard InChI is InChI=1S/C12H22/c1-9(2)8-12-7-5-6-10(3)11(12)4/h8,10-12H,5-7H2,1-4H3. The highest BCUT2D eigenvalue weighted by Gasteiger charge is 2.24. The van der Waals surface area contributed by atoms with Gasteiger partial charge in [0.15, 0.2) is 0 Å². The zero-order valence-electron chi connectivity index (χ0n) is 8.93. The van der Waals surface area contributed by atoms with Gasteiger partial charge in [-0.25, -0.2) is 0 Å². The van der Waals surface area contributed by atoms with Crippen LogP contribution in [-0.4, -0.2) is 0 Å². The lowest BCUT2D eigenvalue weighted by molar-refractivity contribution is 0.218. The summed E-state index contributed by atoms with van der Waals surface area (Å²) in [6.07, 6.45) is 6.76. The maximum atomic E-state index is 2.47. The molecule has 0 aromatic carbocycles. The Bertz CT molecular complexity index is 163. The summed E-state index contributed by atoms with van der Waals surface area (Å²) < 4.78 is 0. The van der Waals surface area contributed by atoms with Crippen molar-refractivity contribution < 1.29 is 0 Å². The fourth-order valence-corrected chi connectivity index (χ4v) is 2.29. The van der Waals surface area contributed by atoms with Crippen molar-refractivity contribution in [3.63, 3.8) is 0 Å². The molecule has 0 N–H and O–H groups in total. The van der Waals surface area contributed by atoms with Crippen molar-refractivity contribution in [3.8, 4) is 0 Å². The molecular formula is C12H22. The molecule has 0 radical (unpaired) electrons. The summed E-state index contributed by atoms with van der Waals surface area (Å²) in [5, 5.41) is 0. The van der Waals surface area contributed by atoms with Gasteiger partial charge >= 0.3 is 0 Å². The number of rotatable bonds is 1. The average Bonchev–Trinajstić information content (AvgIpc) is 1.98. The minimum atomic E-state index is 0.860. The average molecular weight is 166 g/mol. The van der Waals surface area contributed by atoms with Crippen LogP contribution < -0.4 is 0 Å². The number of hydrogen-bond donors (Lipinski definition) is 0. The molecule has 0 aromatic rings. The highest BCUT2D eigenvalue weighted by atomic mass is 14.3. The molecule has 0 bridgehead atoms. The van der Waals surface area contributed by atoms with E-state index in [1.165, 1.54) is 24.8 Å². The second-order valence-electron chi connectivity index (χ2n) is 4.68. The molecule has 12 heavy (non-hydrogen) atoms. The first kappa shape index (κ1) is 9.83. The third kappa shape index (κ3) is 2.36. The highest BCUT2D eigenvalue weighted by Crippen LogP contribution is 2.35. The smallest absolute Gasteiger partial charge is 0.0203 e. The summed E-state index contributed by atoms with van der Waals surface area (Å²) in [6.45, 7) is 9.24. The zero-order valence-corrected chi connectivity index (χ0v) is 8.93. The van der Waals surface area contributed by atoms with E-state index < -0.39 is 0 Å². The Morgan fingerprint density at radius 3 is 2.42 bits per heavy atom. The van der Waals surface area contributed by atoms with Crippen LogP contribution in [0.2, 0.25) is 0 Å². The van der Waals surface area contributed by atoms with E-state index in [1.54, 1.807) is 0 Å². The molecule has 1 saturated carbocycles. The van der Waals surface area contributed by atoms with Gasteiger partial charge in [0.25, 0.3) is 0 Å². The summed E-state index contributed by atoms with van der Waals surface area (Å²) in [7, 11) is 0. The Morgan fingerprint density at radius 1 is 1.17 bits per heavy atom. The van der Waals surface area contributed by atoms with Crippen molar-refractivity contribution in [1.29, 1.82) is 0 Å². The van der Waals surface area contributed by atoms with Gasteiger partial charge in [-0.2, -0.15) is 0 Å². The van der Waals surface area contributed by atoms with Gasteiger partial charge in [0.05, 0.1) is 0 Å². The maximum Gasteiger partial charge on any atom is -0.0203 e. The lowest BCUT2D eigenvalue weighted by Gasteiger charge is -2.32. The van der Waals surface area contributed by atoms with Crippen molar-refractivity contribution in [2.75, 3.05) is 0 Å². The summed E-state index contributed by atoms with van der Waals surface area (Å²) in [6, 6.07) is 0. The van der Waals surface area contributed by atoms with Crippen molar-refractivity contribution in [3.05, 3.63) is 11.6 Å². The van der Waals surface area contributed by atoms with Crippen molar-refractivity contribution in [2.45, 2.75) is 47.0 Å². The van der Waals surface area contributed by atoms with E-state index in [0.717, 1.165) is 17.8 Å². The summed E-state index contributed by atoms with van der Waals surface area (Å²) >= 11 is 0. The monoisotopic (exact) mass is 166 g/mol. The Labute approximate surface area is 77.1 Å². The Hall–Kier alpha value is -0.260. The van der Waals surface area contributed by atoms with E-state index in [0.29, 0.717) is 0 Å². The molecule has 1 aliphatic carbocycles. The van der Waals surface area contributed by atoms with Gasteiger partial charge in [-0.05, 0) is 38.0 Å². The minimum Gasteiger partial charge on any atom is -0.0825 e. The van der Waals surface area contributed by atoms with Gasteiger partial charge in [-0.1, -0.05) is 38.3 Å². The molecule has 1 fully saturated rings. The largest absolute Gasteiger partial charge is 0.0825 e. The number of allylic oxidation sites excluding steroid dienone is 2. The van der Waals surface area contributed by atoms with Crippen LogP contribution in [0, 0.1) is 17.8 Å². The third-order valence-electron chi connectivity index (χ3n) is 3.32.